The van der Waals surface area contributed by atoms with Crippen molar-refractivity contribution in [2.45, 2.75) is 0 Å². The predicted molar refractivity (Wildman–Crippen MR) is 220 cm³/mol. The molecule has 2 heteroatoms. The van der Waals surface area contributed by atoms with Crippen LogP contribution in [-0.2, 0) is 0 Å². The van der Waals surface area contributed by atoms with Crippen LogP contribution in [0, 0.1) is 0 Å². The third-order valence-corrected chi connectivity index (χ3v) is 10.3. The second kappa shape index (κ2) is 12.5. The van der Waals surface area contributed by atoms with Gasteiger partial charge in [0.2, 0.25) is 0 Å². The Hall–Kier alpha value is -6.90. The van der Waals surface area contributed by atoms with Crippen LogP contribution in [0.25, 0.3) is 76.9 Å². The van der Waals surface area contributed by atoms with Crippen molar-refractivity contribution in [2.24, 2.45) is 0 Å². The molecule has 52 heavy (non-hydrogen) atoms. The second-order valence-electron chi connectivity index (χ2n) is 13.3. The summed E-state index contributed by atoms with van der Waals surface area (Å²) in [5, 5.41) is 7.10. The van der Waals surface area contributed by atoms with Gasteiger partial charge in [-0.05, 0) is 85.8 Å². The highest BCUT2D eigenvalue weighted by molar-refractivity contribution is 6.24. The molecule has 2 nitrogen and oxygen atoms in total. The van der Waals surface area contributed by atoms with E-state index < -0.39 is 0 Å². The molecule has 0 amide bonds. The first-order valence-electron chi connectivity index (χ1n) is 17.8. The Morgan fingerprint density at radius 3 is 1.58 bits per heavy atom. The predicted octanol–water partition coefficient (Wildman–Crippen LogP) is 14.4. The molecule has 1 aromatic heterocycles. The minimum atomic E-state index is 0.858. The Morgan fingerprint density at radius 2 is 0.846 bits per heavy atom. The lowest BCUT2D eigenvalue weighted by Gasteiger charge is -2.26. The molecule has 0 fully saturated rings. The van der Waals surface area contributed by atoms with Crippen molar-refractivity contribution in [1.29, 1.82) is 0 Å². The van der Waals surface area contributed by atoms with Crippen LogP contribution in [0.4, 0.5) is 17.1 Å². The summed E-state index contributed by atoms with van der Waals surface area (Å²) >= 11 is 0. The van der Waals surface area contributed by atoms with Crippen LogP contribution in [0.5, 0.6) is 0 Å². The van der Waals surface area contributed by atoms with E-state index in [1.54, 1.807) is 0 Å². The molecule has 0 aliphatic heterocycles. The Kier molecular flexibility index (Phi) is 7.18. The second-order valence-corrected chi connectivity index (χ2v) is 13.3. The number of para-hydroxylation sites is 1. The molecule has 0 aliphatic carbocycles. The van der Waals surface area contributed by atoms with Crippen molar-refractivity contribution in [3.63, 3.8) is 0 Å². The van der Waals surface area contributed by atoms with E-state index in [1.165, 1.54) is 43.8 Å². The van der Waals surface area contributed by atoms with E-state index >= 15 is 0 Å². The van der Waals surface area contributed by atoms with E-state index in [0.717, 1.165) is 50.1 Å². The fraction of sp³-hybridized carbons (Fsp3) is 0. The van der Waals surface area contributed by atoms with E-state index in [9.17, 15) is 0 Å². The third kappa shape index (κ3) is 5.04. The lowest BCUT2D eigenvalue weighted by atomic mass is 9.96. The van der Waals surface area contributed by atoms with E-state index in [0.29, 0.717) is 0 Å². The van der Waals surface area contributed by atoms with E-state index in [2.05, 4.69) is 205 Å². The number of furan rings is 1. The highest BCUT2D eigenvalue weighted by Gasteiger charge is 2.22. The molecule has 0 N–H and O–H groups in total. The van der Waals surface area contributed by atoms with Crippen LogP contribution >= 0.6 is 0 Å². The summed E-state index contributed by atoms with van der Waals surface area (Å²) in [5.41, 5.74) is 11.9. The molecule has 10 rings (SSSR count). The van der Waals surface area contributed by atoms with Gasteiger partial charge in [0.15, 0.2) is 5.58 Å². The Labute approximate surface area is 302 Å². The summed E-state index contributed by atoms with van der Waals surface area (Å²) in [4.78, 5) is 2.33. The van der Waals surface area contributed by atoms with Crippen molar-refractivity contribution in [2.75, 3.05) is 4.90 Å². The number of hydrogen-bond donors (Lipinski definition) is 0. The molecule has 244 valence electrons. The molecule has 0 unspecified atom stereocenters. The van der Waals surface area contributed by atoms with Gasteiger partial charge in [0, 0.05) is 27.7 Å². The molecule has 0 saturated heterocycles. The normalized spacial score (nSPS) is 11.5. The van der Waals surface area contributed by atoms with Crippen LogP contribution < -0.4 is 4.90 Å². The summed E-state index contributed by atoms with van der Waals surface area (Å²) < 4.78 is 7.09. The SMILES string of the molecule is c1ccc(-c2ccc(N(c3ccc(-c4cccc5ccccc45)cc3)c3cccc4c3oc3c(-c5ccccc5)cc5ccccc5c34)cc2)cc1. The summed E-state index contributed by atoms with van der Waals surface area (Å²) in [6.07, 6.45) is 0. The minimum absolute atomic E-state index is 0.858. The first-order chi connectivity index (χ1) is 25.8. The van der Waals surface area contributed by atoms with Gasteiger partial charge in [-0.1, -0.05) is 164 Å². The fourth-order valence-corrected chi connectivity index (χ4v) is 7.77. The Morgan fingerprint density at radius 1 is 0.327 bits per heavy atom. The third-order valence-electron chi connectivity index (χ3n) is 10.3. The highest BCUT2D eigenvalue weighted by atomic mass is 16.3. The zero-order valence-electron chi connectivity index (χ0n) is 28.4. The quantitative estimate of drug-likeness (QED) is 0.176. The lowest BCUT2D eigenvalue weighted by Crippen LogP contribution is -2.10. The number of hydrogen-bond acceptors (Lipinski definition) is 2. The van der Waals surface area contributed by atoms with Crippen LogP contribution in [0.2, 0.25) is 0 Å². The maximum absolute atomic E-state index is 7.09. The van der Waals surface area contributed by atoms with Crippen molar-refractivity contribution in [1.82, 2.24) is 0 Å². The van der Waals surface area contributed by atoms with Crippen LogP contribution in [0.3, 0.4) is 0 Å². The van der Waals surface area contributed by atoms with Crippen LogP contribution in [0.1, 0.15) is 0 Å². The molecule has 0 spiro atoms. The fourth-order valence-electron chi connectivity index (χ4n) is 7.77. The molecule has 0 bridgehead atoms. The molecule has 0 atom stereocenters. The van der Waals surface area contributed by atoms with Gasteiger partial charge >= 0.3 is 0 Å². The first kappa shape index (κ1) is 30.0. The molecule has 9 aromatic carbocycles. The number of benzene rings is 9. The average molecular weight is 664 g/mol. The monoisotopic (exact) mass is 663 g/mol. The van der Waals surface area contributed by atoms with E-state index in [1.807, 2.05) is 0 Å². The van der Waals surface area contributed by atoms with Gasteiger partial charge in [0.25, 0.3) is 0 Å². The topological polar surface area (TPSA) is 16.4 Å². The van der Waals surface area contributed by atoms with E-state index in [-0.39, 0.29) is 0 Å². The summed E-state index contributed by atoms with van der Waals surface area (Å²) in [6, 6.07) is 71.4. The molecule has 0 radical (unpaired) electrons. The van der Waals surface area contributed by atoms with Gasteiger partial charge in [-0.3, -0.25) is 0 Å². The number of fused-ring (bicyclic) bond motifs is 6. The van der Waals surface area contributed by atoms with Gasteiger partial charge < -0.3 is 9.32 Å². The number of anilines is 3. The molecule has 0 saturated carbocycles. The average Bonchev–Trinajstić information content (AvgIpc) is 3.63. The maximum Gasteiger partial charge on any atom is 0.159 e. The van der Waals surface area contributed by atoms with Gasteiger partial charge in [-0.15, -0.1) is 0 Å². The highest BCUT2D eigenvalue weighted by Crippen LogP contribution is 2.47. The van der Waals surface area contributed by atoms with Crippen molar-refractivity contribution in [3.8, 4) is 33.4 Å². The number of rotatable bonds is 6. The Bertz CT molecular complexity index is 2870. The van der Waals surface area contributed by atoms with E-state index in [4.69, 9.17) is 4.42 Å². The standard InChI is InChI=1S/C50H33NO/c1-3-13-34(14-4-1)35-25-29-40(30-26-35)51(41-31-27-38(28-32-41)43-22-11-19-36-17-7-9-20-42(36)43)47-24-12-23-45-48-44-21-10-8-18-39(44)33-46(50(48)52-49(45)47)37-15-5-2-6-16-37/h1-33H. The Balaban J connectivity index is 1.19. The first-order valence-corrected chi connectivity index (χ1v) is 17.8. The zero-order chi connectivity index (χ0) is 34.4. The van der Waals surface area contributed by atoms with Gasteiger partial charge in [0.1, 0.15) is 5.58 Å². The van der Waals surface area contributed by atoms with Crippen LogP contribution in [-0.4, -0.2) is 0 Å². The van der Waals surface area contributed by atoms with Crippen molar-refractivity contribution >= 4 is 60.5 Å². The molecule has 1 heterocycles. The number of nitrogens with zero attached hydrogens (tertiary/aromatic N) is 1. The molecular formula is C50H33NO. The van der Waals surface area contributed by atoms with Gasteiger partial charge in [0.05, 0.1) is 5.69 Å². The molecule has 0 aliphatic rings. The minimum Gasteiger partial charge on any atom is -0.453 e. The smallest absolute Gasteiger partial charge is 0.159 e. The van der Waals surface area contributed by atoms with Crippen molar-refractivity contribution < 1.29 is 4.42 Å². The zero-order valence-corrected chi connectivity index (χ0v) is 28.4. The maximum atomic E-state index is 7.09. The summed E-state index contributed by atoms with van der Waals surface area (Å²) in [7, 11) is 0. The van der Waals surface area contributed by atoms with Gasteiger partial charge in [-0.25, -0.2) is 0 Å². The molecular weight excluding hydrogens is 631 g/mol. The summed E-state index contributed by atoms with van der Waals surface area (Å²) in [5.74, 6) is 0. The largest absolute Gasteiger partial charge is 0.453 e. The lowest BCUT2D eigenvalue weighted by molar-refractivity contribution is 0.670. The summed E-state index contributed by atoms with van der Waals surface area (Å²) in [6.45, 7) is 0. The van der Waals surface area contributed by atoms with Crippen molar-refractivity contribution in [3.05, 3.63) is 200 Å². The van der Waals surface area contributed by atoms with Gasteiger partial charge in [-0.2, -0.15) is 0 Å². The van der Waals surface area contributed by atoms with Crippen LogP contribution in [0.15, 0.2) is 205 Å². The molecule has 10 aromatic rings.